The summed E-state index contributed by atoms with van der Waals surface area (Å²) in [4.78, 5) is 27.4. The van der Waals surface area contributed by atoms with Crippen LogP contribution in [-0.4, -0.2) is 29.3 Å². The maximum atomic E-state index is 14.2. The molecular formula is C22H23FN2O2. The number of nitrogens with one attached hydrogen (secondary N) is 1. The minimum Gasteiger partial charge on any atom is -0.353 e. The van der Waals surface area contributed by atoms with Crippen LogP contribution in [-0.2, 0) is 4.79 Å². The largest absolute Gasteiger partial charge is 0.353 e. The van der Waals surface area contributed by atoms with Crippen LogP contribution in [0.4, 0.5) is 4.39 Å². The molecule has 2 aromatic rings. The number of carbonyl (C=O) groups excluding carboxylic acids is 2. The minimum atomic E-state index is -0.529. The standard InChI is InChI=1S/C22H23FN2O2/c23-19-9-5-4-8-18(19)22(27)25-14-16(21(26)24-17-11-12-17)10-13-20(25)15-6-2-1-3-7-15/h1-9,16-17,20H,10-14H2,(H,24,26). The first kappa shape index (κ1) is 17.7. The molecule has 1 N–H and O–H groups in total. The highest BCUT2D eigenvalue weighted by Crippen LogP contribution is 2.35. The van der Waals surface area contributed by atoms with E-state index in [1.807, 2.05) is 30.3 Å². The molecule has 1 aliphatic carbocycles. The smallest absolute Gasteiger partial charge is 0.257 e. The maximum absolute atomic E-state index is 14.2. The van der Waals surface area contributed by atoms with Gasteiger partial charge < -0.3 is 10.2 Å². The van der Waals surface area contributed by atoms with E-state index in [-0.39, 0.29) is 29.3 Å². The Morgan fingerprint density at radius 2 is 1.63 bits per heavy atom. The van der Waals surface area contributed by atoms with Crippen molar-refractivity contribution in [3.05, 3.63) is 71.5 Å². The lowest BCUT2D eigenvalue weighted by molar-refractivity contribution is -0.127. The van der Waals surface area contributed by atoms with Crippen LogP contribution < -0.4 is 5.32 Å². The van der Waals surface area contributed by atoms with Crippen LogP contribution >= 0.6 is 0 Å². The van der Waals surface area contributed by atoms with E-state index in [9.17, 15) is 14.0 Å². The van der Waals surface area contributed by atoms with Crippen LogP contribution in [0.1, 0.15) is 47.6 Å². The van der Waals surface area contributed by atoms with Crippen molar-refractivity contribution >= 4 is 11.8 Å². The number of rotatable bonds is 4. The van der Waals surface area contributed by atoms with Gasteiger partial charge in [-0.2, -0.15) is 0 Å². The van der Waals surface area contributed by atoms with E-state index in [0.29, 0.717) is 19.0 Å². The fraction of sp³-hybridized carbons (Fsp3) is 0.364. The fourth-order valence-electron chi connectivity index (χ4n) is 3.77. The molecule has 1 saturated carbocycles. The summed E-state index contributed by atoms with van der Waals surface area (Å²) in [6.07, 6.45) is 3.47. The maximum Gasteiger partial charge on any atom is 0.257 e. The summed E-state index contributed by atoms with van der Waals surface area (Å²) in [5.41, 5.74) is 1.07. The Bertz CT molecular complexity index is 835. The molecule has 2 aliphatic rings. The molecular weight excluding hydrogens is 343 g/mol. The van der Waals surface area contributed by atoms with Crippen molar-refractivity contribution in [3.8, 4) is 0 Å². The zero-order chi connectivity index (χ0) is 18.8. The Morgan fingerprint density at radius 3 is 2.33 bits per heavy atom. The van der Waals surface area contributed by atoms with E-state index in [0.717, 1.165) is 24.8 Å². The van der Waals surface area contributed by atoms with Crippen LogP contribution in [0.5, 0.6) is 0 Å². The van der Waals surface area contributed by atoms with Gasteiger partial charge in [0.1, 0.15) is 5.82 Å². The first-order valence-electron chi connectivity index (χ1n) is 9.54. The van der Waals surface area contributed by atoms with Crippen LogP contribution in [0.3, 0.4) is 0 Å². The predicted octanol–water partition coefficient (Wildman–Crippen LogP) is 3.70. The third-order valence-corrected chi connectivity index (χ3v) is 5.43. The Hall–Kier alpha value is -2.69. The number of piperidine rings is 1. The Morgan fingerprint density at radius 1 is 0.926 bits per heavy atom. The molecule has 2 unspecified atom stereocenters. The molecule has 0 bridgehead atoms. The van der Waals surface area contributed by atoms with Crippen LogP contribution in [0.25, 0.3) is 0 Å². The van der Waals surface area contributed by atoms with Gasteiger partial charge in [0.15, 0.2) is 0 Å². The van der Waals surface area contributed by atoms with Gasteiger partial charge in [0.25, 0.3) is 5.91 Å². The van der Waals surface area contributed by atoms with Gasteiger partial charge in [-0.05, 0) is 43.4 Å². The van der Waals surface area contributed by atoms with E-state index in [1.165, 1.54) is 12.1 Å². The van der Waals surface area contributed by atoms with Crippen LogP contribution in [0.2, 0.25) is 0 Å². The van der Waals surface area contributed by atoms with Gasteiger partial charge in [-0.15, -0.1) is 0 Å². The average Bonchev–Trinajstić information content (AvgIpc) is 3.52. The van der Waals surface area contributed by atoms with Gasteiger partial charge in [0.05, 0.1) is 17.5 Å². The molecule has 0 aromatic heterocycles. The van der Waals surface area contributed by atoms with Gasteiger partial charge in [-0.1, -0.05) is 42.5 Å². The Kier molecular flexibility index (Phi) is 4.92. The van der Waals surface area contributed by atoms with Crippen molar-refractivity contribution < 1.29 is 14.0 Å². The van der Waals surface area contributed by atoms with E-state index in [4.69, 9.17) is 0 Å². The van der Waals surface area contributed by atoms with Crippen molar-refractivity contribution in [1.82, 2.24) is 10.2 Å². The molecule has 4 nitrogen and oxygen atoms in total. The summed E-state index contributed by atoms with van der Waals surface area (Å²) < 4.78 is 14.2. The molecule has 1 saturated heterocycles. The number of amides is 2. The van der Waals surface area contributed by atoms with Gasteiger partial charge in [0, 0.05) is 12.6 Å². The second kappa shape index (κ2) is 7.51. The summed E-state index contributed by atoms with van der Waals surface area (Å²) >= 11 is 0. The highest BCUT2D eigenvalue weighted by molar-refractivity contribution is 5.95. The summed E-state index contributed by atoms with van der Waals surface area (Å²) in [6, 6.07) is 16.0. The molecule has 1 aliphatic heterocycles. The molecule has 27 heavy (non-hydrogen) atoms. The van der Waals surface area contributed by atoms with E-state index < -0.39 is 5.82 Å². The highest BCUT2D eigenvalue weighted by Gasteiger charge is 2.37. The molecule has 2 aromatic carbocycles. The Labute approximate surface area is 158 Å². The third kappa shape index (κ3) is 3.87. The number of hydrogen-bond donors (Lipinski definition) is 1. The average molecular weight is 366 g/mol. The summed E-state index contributed by atoms with van der Waals surface area (Å²) in [5.74, 6) is -1.12. The molecule has 2 atom stereocenters. The van der Waals surface area contributed by atoms with Gasteiger partial charge in [-0.25, -0.2) is 4.39 Å². The molecule has 0 radical (unpaired) electrons. The number of carbonyl (C=O) groups is 2. The monoisotopic (exact) mass is 366 g/mol. The first-order valence-corrected chi connectivity index (χ1v) is 9.54. The van der Waals surface area contributed by atoms with Crippen molar-refractivity contribution in [1.29, 1.82) is 0 Å². The molecule has 140 valence electrons. The third-order valence-electron chi connectivity index (χ3n) is 5.43. The summed E-state index contributed by atoms with van der Waals surface area (Å²) in [5, 5.41) is 3.04. The lowest BCUT2D eigenvalue weighted by Gasteiger charge is -2.39. The molecule has 5 heteroatoms. The molecule has 0 spiro atoms. The summed E-state index contributed by atoms with van der Waals surface area (Å²) in [6.45, 7) is 0.311. The molecule has 4 rings (SSSR count). The Balaban J connectivity index is 1.61. The van der Waals surface area contributed by atoms with Crippen molar-refractivity contribution in [3.63, 3.8) is 0 Å². The molecule has 2 fully saturated rings. The zero-order valence-electron chi connectivity index (χ0n) is 15.1. The number of benzene rings is 2. The normalized spacial score (nSPS) is 22.3. The number of halogens is 1. The molecule has 1 heterocycles. The second-order valence-corrected chi connectivity index (χ2v) is 7.42. The van der Waals surface area contributed by atoms with Crippen molar-refractivity contribution in [2.75, 3.05) is 6.54 Å². The lowest BCUT2D eigenvalue weighted by atomic mass is 9.87. The summed E-state index contributed by atoms with van der Waals surface area (Å²) in [7, 11) is 0. The van der Waals surface area contributed by atoms with Crippen molar-refractivity contribution in [2.24, 2.45) is 5.92 Å². The lowest BCUT2D eigenvalue weighted by Crippen LogP contribution is -2.47. The molecule has 2 amide bonds. The SMILES string of the molecule is O=C(NC1CC1)C1CCC(c2ccccc2)N(C(=O)c2ccccc2F)C1. The number of hydrogen-bond acceptors (Lipinski definition) is 2. The highest BCUT2D eigenvalue weighted by atomic mass is 19.1. The van der Waals surface area contributed by atoms with Crippen LogP contribution in [0.15, 0.2) is 54.6 Å². The van der Waals surface area contributed by atoms with Gasteiger partial charge >= 0.3 is 0 Å². The second-order valence-electron chi connectivity index (χ2n) is 7.42. The quantitative estimate of drug-likeness (QED) is 0.897. The number of nitrogens with zero attached hydrogens (tertiary/aromatic N) is 1. The van der Waals surface area contributed by atoms with Crippen molar-refractivity contribution in [2.45, 2.75) is 37.8 Å². The zero-order valence-corrected chi connectivity index (χ0v) is 15.1. The van der Waals surface area contributed by atoms with E-state index in [2.05, 4.69) is 5.32 Å². The van der Waals surface area contributed by atoms with E-state index >= 15 is 0 Å². The van der Waals surface area contributed by atoms with Gasteiger partial charge in [-0.3, -0.25) is 9.59 Å². The minimum absolute atomic E-state index is 0.00958. The predicted molar refractivity (Wildman–Crippen MR) is 101 cm³/mol. The fourth-order valence-corrected chi connectivity index (χ4v) is 3.77. The first-order chi connectivity index (χ1) is 13.1. The topological polar surface area (TPSA) is 49.4 Å². The number of likely N-dealkylation sites (tertiary alicyclic amines) is 1. The van der Waals surface area contributed by atoms with Gasteiger partial charge in [0.2, 0.25) is 5.91 Å². The van der Waals surface area contributed by atoms with Crippen LogP contribution in [0, 0.1) is 11.7 Å². The van der Waals surface area contributed by atoms with E-state index in [1.54, 1.807) is 17.0 Å².